The molecule has 0 spiro atoms. The third kappa shape index (κ3) is 2.80. The molecule has 1 aromatic rings. The fourth-order valence-electron chi connectivity index (χ4n) is 2.32. The Morgan fingerprint density at radius 3 is 2.38 bits per heavy atom. The van der Waals surface area contributed by atoms with Crippen LogP contribution in [0.25, 0.3) is 0 Å². The maximum Gasteiger partial charge on any atom is 0.319 e. The first-order valence-electron chi connectivity index (χ1n) is 7.19. The maximum absolute atomic E-state index is 12.1. The highest BCUT2D eigenvalue weighted by Crippen LogP contribution is 2.46. The first kappa shape index (κ1) is 15.5. The zero-order chi connectivity index (χ0) is 16.0. The van der Waals surface area contributed by atoms with E-state index < -0.39 is 17.3 Å². The van der Waals surface area contributed by atoms with Gasteiger partial charge in [-0.1, -0.05) is 0 Å². The van der Waals surface area contributed by atoms with E-state index in [1.807, 2.05) is 24.7 Å². The molecular weight excluding hydrogens is 270 g/mol. The number of carboxylic acids is 1. The van der Waals surface area contributed by atoms with Gasteiger partial charge in [-0.05, 0) is 47.5 Å². The minimum absolute atomic E-state index is 0.133. The lowest BCUT2D eigenvalue weighted by atomic mass is 10.0. The van der Waals surface area contributed by atoms with Gasteiger partial charge in [0.25, 0.3) is 0 Å². The number of carboxylic acid groups (broad SMARTS) is 1. The average Bonchev–Trinajstić information content (AvgIpc) is 3.06. The van der Waals surface area contributed by atoms with E-state index in [1.165, 1.54) is 0 Å². The fourth-order valence-corrected chi connectivity index (χ4v) is 2.32. The Kier molecular flexibility index (Phi) is 3.59. The molecule has 1 fully saturated rings. The van der Waals surface area contributed by atoms with E-state index >= 15 is 0 Å². The molecule has 2 rings (SSSR count). The van der Waals surface area contributed by atoms with Crippen LogP contribution in [0.4, 0.5) is 0 Å². The van der Waals surface area contributed by atoms with Gasteiger partial charge in [0, 0.05) is 11.8 Å². The van der Waals surface area contributed by atoms with Crippen LogP contribution in [0, 0.1) is 12.3 Å². The zero-order valence-corrected chi connectivity index (χ0v) is 13.2. The second-order valence-electron chi connectivity index (χ2n) is 6.87. The molecule has 1 atom stereocenters. The number of hydrogen-bond donors (Lipinski definition) is 2. The van der Waals surface area contributed by atoms with E-state index in [0.717, 1.165) is 11.3 Å². The highest BCUT2D eigenvalue weighted by Gasteiger charge is 2.57. The van der Waals surface area contributed by atoms with Crippen molar-refractivity contribution in [2.24, 2.45) is 5.41 Å². The third-order valence-corrected chi connectivity index (χ3v) is 4.03. The molecule has 0 aliphatic heterocycles. The molecule has 1 unspecified atom stereocenters. The molecule has 2 N–H and O–H groups in total. The van der Waals surface area contributed by atoms with Gasteiger partial charge >= 0.3 is 5.97 Å². The van der Waals surface area contributed by atoms with E-state index in [2.05, 4.69) is 31.2 Å². The highest BCUT2D eigenvalue weighted by molar-refractivity contribution is 6.04. The molecule has 0 bridgehead atoms. The number of rotatable bonds is 4. The van der Waals surface area contributed by atoms with Gasteiger partial charge < -0.3 is 10.4 Å². The summed E-state index contributed by atoms with van der Waals surface area (Å²) >= 11 is 0. The Morgan fingerprint density at radius 2 is 2.00 bits per heavy atom. The number of carbonyl (C=O) groups excluding carboxylic acids is 1. The molecule has 1 heterocycles. The van der Waals surface area contributed by atoms with E-state index in [1.54, 1.807) is 0 Å². The Labute approximate surface area is 124 Å². The van der Waals surface area contributed by atoms with Crippen molar-refractivity contribution in [1.82, 2.24) is 15.1 Å². The number of aliphatic carboxylic acids is 1. The summed E-state index contributed by atoms with van der Waals surface area (Å²) in [7, 11) is 0. The lowest BCUT2D eigenvalue weighted by Gasteiger charge is -2.19. The number of hydrogen-bond acceptors (Lipinski definition) is 3. The summed E-state index contributed by atoms with van der Waals surface area (Å²) in [5.41, 5.74) is 0.422. The van der Waals surface area contributed by atoms with Crippen LogP contribution in [0.5, 0.6) is 0 Å². The molecule has 6 heteroatoms. The van der Waals surface area contributed by atoms with Gasteiger partial charge in [-0.15, -0.1) is 0 Å². The first-order valence-corrected chi connectivity index (χ1v) is 7.19. The summed E-state index contributed by atoms with van der Waals surface area (Å²) in [4.78, 5) is 23.3. The van der Waals surface area contributed by atoms with E-state index in [-0.39, 0.29) is 11.6 Å². The number of aromatic nitrogens is 2. The molecular formula is C15H23N3O3. The summed E-state index contributed by atoms with van der Waals surface area (Å²) in [5, 5.41) is 16.4. The summed E-state index contributed by atoms with van der Waals surface area (Å²) in [6, 6.07) is -0.259. The SMILES string of the molecule is Cc1nn(C(C)(C)C)cc1C(C)NC(=O)C1(C(=O)O)CC1. The van der Waals surface area contributed by atoms with Crippen molar-refractivity contribution in [2.45, 2.75) is 59.0 Å². The van der Waals surface area contributed by atoms with Gasteiger partial charge in [0.1, 0.15) is 5.41 Å². The largest absolute Gasteiger partial charge is 0.480 e. The predicted octanol–water partition coefficient (Wildman–Crippen LogP) is 1.99. The number of nitrogens with zero attached hydrogens (tertiary/aromatic N) is 2. The second-order valence-corrected chi connectivity index (χ2v) is 6.87. The molecule has 1 amide bonds. The molecule has 21 heavy (non-hydrogen) atoms. The average molecular weight is 293 g/mol. The molecule has 1 saturated carbocycles. The highest BCUT2D eigenvalue weighted by atomic mass is 16.4. The van der Waals surface area contributed by atoms with Crippen molar-refractivity contribution in [3.63, 3.8) is 0 Å². The standard InChI is InChI=1S/C15H23N3O3/c1-9(16-12(19)15(6-7-15)13(20)21)11-8-18(14(3,4)5)17-10(11)2/h8-9H,6-7H2,1-5H3,(H,16,19)(H,20,21). The van der Waals surface area contributed by atoms with Crippen molar-refractivity contribution in [1.29, 1.82) is 0 Å². The van der Waals surface area contributed by atoms with E-state index in [4.69, 9.17) is 5.11 Å². The molecule has 1 aromatic heterocycles. The summed E-state index contributed by atoms with van der Waals surface area (Å²) in [5.74, 6) is -1.43. The van der Waals surface area contributed by atoms with Crippen LogP contribution in [-0.4, -0.2) is 26.8 Å². The lowest BCUT2D eigenvalue weighted by molar-refractivity contribution is -0.149. The van der Waals surface area contributed by atoms with Crippen LogP contribution in [0.3, 0.4) is 0 Å². The first-order chi connectivity index (χ1) is 9.58. The smallest absolute Gasteiger partial charge is 0.319 e. The fraction of sp³-hybridized carbons (Fsp3) is 0.667. The van der Waals surface area contributed by atoms with Gasteiger partial charge in [0.2, 0.25) is 5.91 Å². The topological polar surface area (TPSA) is 84.2 Å². The molecule has 1 aliphatic rings. The normalized spacial score (nSPS) is 18.1. The molecule has 116 valence electrons. The van der Waals surface area contributed by atoms with Gasteiger partial charge in [-0.25, -0.2) is 0 Å². The van der Waals surface area contributed by atoms with Gasteiger partial charge in [-0.2, -0.15) is 5.10 Å². The minimum atomic E-state index is -1.21. The van der Waals surface area contributed by atoms with Crippen molar-refractivity contribution >= 4 is 11.9 Å². The molecule has 0 saturated heterocycles. The van der Waals surface area contributed by atoms with E-state index in [9.17, 15) is 9.59 Å². The quantitative estimate of drug-likeness (QED) is 0.831. The Balaban J connectivity index is 2.14. The lowest BCUT2D eigenvalue weighted by Crippen LogP contribution is -2.38. The van der Waals surface area contributed by atoms with Crippen LogP contribution in [0.15, 0.2) is 6.20 Å². The molecule has 0 aromatic carbocycles. The van der Waals surface area contributed by atoms with Crippen LogP contribution < -0.4 is 5.32 Å². The predicted molar refractivity (Wildman–Crippen MR) is 77.8 cm³/mol. The molecule has 0 radical (unpaired) electrons. The second kappa shape index (κ2) is 4.86. The van der Waals surface area contributed by atoms with Crippen LogP contribution in [-0.2, 0) is 15.1 Å². The Bertz CT molecular complexity index is 579. The van der Waals surface area contributed by atoms with Gasteiger partial charge in [0.05, 0.1) is 17.3 Å². The van der Waals surface area contributed by atoms with Crippen LogP contribution in [0.2, 0.25) is 0 Å². The summed E-state index contributed by atoms with van der Waals surface area (Å²) in [6.45, 7) is 9.90. The molecule has 1 aliphatic carbocycles. The monoisotopic (exact) mass is 293 g/mol. The third-order valence-electron chi connectivity index (χ3n) is 4.03. The summed E-state index contributed by atoms with van der Waals surface area (Å²) in [6.07, 6.45) is 2.75. The Morgan fingerprint density at radius 1 is 1.43 bits per heavy atom. The van der Waals surface area contributed by atoms with E-state index in [0.29, 0.717) is 12.8 Å². The van der Waals surface area contributed by atoms with Crippen LogP contribution >= 0.6 is 0 Å². The Hall–Kier alpha value is -1.85. The van der Waals surface area contributed by atoms with Crippen LogP contribution in [0.1, 0.15) is 57.8 Å². The van der Waals surface area contributed by atoms with Gasteiger partial charge in [-0.3, -0.25) is 14.3 Å². The summed E-state index contributed by atoms with van der Waals surface area (Å²) < 4.78 is 1.87. The van der Waals surface area contributed by atoms with Crippen molar-refractivity contribution < 1.29 is 14.7 Å². The van der Waals surface area contributed by atoms with Crippen molar-refractivity contribution in [2.75, 3.05) is 0 Å². The molecule has 6 nitrogen and oxygen atoms in total. The number of carbonyl (C=O) groups is 2. The maximum atomic E-state index is 12.1. The van der Waals surface area contributed by atoms with Gasteiger partial charge in [0.15, 0.2) is 0 Å². The number of amides is 1. The zero-order valence-electron chi connectivity index (χ0n) is 13.2. The van der Waals surface area contributed by atoms with Crippen molar-refractivity contribution in [3.05, 3.63) is 17.5 Å². The number of aryl methyl sites for hydroxylation is 1. The number of nitrogens with one attached hydrogen (secondary N) is 1. The van der Waals surface area contributed by atoms with Crippen molar-refractivity contribution in [3.8, 4) is 0 Å². The minimum Gasteiger partial charge on any atom is -0.480 e.